The summed E-state index contributed by atoms with van der Waals surface area (Å²) in [6, 6.07) is 14.8. The van der Waals surface area contributed by atoms with Crippen LogP contribution in [0.15, 0.2) is 48.5 Å². The average Bonchev–Trinajstić information content (AvgIpc) is 3.77. The molecule has 1 heterocycles. The van der Waals surface area contributed by atoms with Crippen molar-refractivity contribution in [3.05, 3.63) is 54.1 Å². The molecule has 33 heavy (non-hydrogen) atoms. The van der Waals surface area contributed by atoms with Gasteiger partial charge in [-0.05, 0) is 61.1 Å². The molecular weight excluding hydrogens is 422 g/mol. The van der Waals surface area contributed by atoms with E-state index in [1.54, 1.807) is 28.0 Å². The van der Waals surface area contributed by atoms with Gasteiger partial charge in [-0.2, -0.15) is 0 Å². The van der Waals surface area contributed by atoms with E-state index in [9.17, 15) is 24.6 Å². The number of carbonyl (C=O) groups is 3. The summed E-state index contributed by atoms with van der Waals surface area (Å²) in [4.78, 5) is 41.7. The number of hydrogen-bond acceptors (Lipinski definition) is 4. The van der Waals surface area contributed by atoms with Crippen LogP contribution in [0.4, 0.5) is 10.5 Å². The Morgan fingerprint density at radius 2 is 1.52 bits per heavy atom. The maximum absolute atomic E-state index is 12.9. The fourth-order valence-corrected chi connectivity index (χ4v) is 4.37. The van der Waals surface area contributed by atoms with Gasteiger partial charge in [0.2, 0.25) is 0 Å². The highest BCUT2D eigenvalue weighted by Gasteiger charge is 2.50. The first-order valence-corrected chi connectivity index (χ1v) is 11.4. The number of rotatable bonds is 5. The van der Waals surface area contributed by atoms with Crippen molar-refractivity contribution in [1.82, 2.24) is 9.80 Å². The van der Waals surface area contributed by atoms with Crippen molar-refractivity contribution in [2.45, 2.75) is 37.3 Å². The SMILES string of the molecule is O=C(c1ccc(-c2cccc(N(C(=O)O)C3CC3)c2)cc1)N1CCN(C(=O)C2(O)CC2)CC1. The first kappa shape index (κ1) is 21.5. The highest BCUT2D eigenvalue weighted by atomic mass is 16.4. The van der Waals surface area contributed by atoms with Crippen molar-refractivity contribution in [2.24, 2.45) is 0 Å². The normalized spacial score (nSPS) is 19.2. The number of nitrogens with zero attached hydrogens (tertiary/aromatic N) is 3. The Kier molecular flexibility index (Phi) is 5.32. The van der Waals surface area contributed by atoms with E-state index in [1.807, 2.05) is 30.3 Å². The Hall–Kier alpha value is -3.39. The van der Waals surface area contributed by atoms with Gasteiger partial charge in [0.15, 0.2) is 0 Å². The summed E-state index contributed by atoms with van der Waals surface area (Å²) in [5, 5.41) is 19.6. The maximum Gasteiger partial charge on any atom is 0.412 e. The van der Waals surface area contributed by atoms with E-state index in [2.05, 4.69) is 0 Å². The molecule has 2 N–H and O–H groups in total. The van der Waals surface area contributed by atoms with Crippen LogP contribution in [0.1, 0.15) is 36.0 Å². The minimum Gasteiger partial charge on any atom is -0.465 e. The average molecular weight is 450 g/mol. The molecule has 2 saturated carbocycles. The molecule has 0 bridgehead atoms. The smallest absolute Gasteiger partial charge is 0.412 e. The molecule has 3 amide bonds. The molecule has 0 spiro atoms. The van der Waals surface area contributed by atoms with E-state index in [-0.39, 0.29) is 17.9 Å². The number of carboxylic acid groups (broad SMARTS) is 1. The second-order valence-electron chi connectivity index (χ2n) is 9.13. The highest BCUT2D eigenvalue weighted by molar-refractivity contribution is 5.95. The second kappa shape index (κ2) is 8.19. The van der Waals surface area contributed by atoms with Gasteiger partial charge in [0.1, 0.15) is 5.60 Å². The van der Waals surface area contributed by atoms with Gasteiger partial charge >= 0.3 is 6.09 Å². The molecule has 0 unspecified atom stereocenters. The standard InChI is InChI=1S/C25H27N3O5/c29-22(26-12-14-27(15-13-26)23(30)25(33)10-11-25)18-6-4-17(5-7-18)19-2-1-3-21(16-19)28(24(31)32)20-8-9-20/h1-7,16,20,33H,8-15H2,(H,31,32). The molecule has 3 aliphatic rings. The van der Waals surface area contributed by atoms with E-state index >= 15 is 0 Å². The van der Waals surface area contributed by atoms with Crippen LogP contribution in [0.5, 0.6) is 0 Å². The summed E-state index contributed by atoms with van der Waals surface area (Å²) in [6.07, 6.45) is 1.88. The lowest BCUT2D eigenvalue weighted by atomic mass is 10.0. The number of anilines is 1. The minimum absolute atomic E-state index is 0.0562. The number of hydrogen-bond donors (Lipinski definition) is 2. The van der Waals surface area contributed by atoms with Crippen LogP contribution < -0.4 is 4.90 Å². The highest BCUT2D eigenvalue weighted by Crippen LogP contribution is 2.37. The molecule has 3 fully saturated rings. The van der Waals surface area contributed by atoms with Gasteiger partial charge in [-0.15, -0.1) is 0 Å². The van der Waals surface area contributed by atoms with Crippen LogP contribution in [-0.2, 0) is 4.79 Å². The largest absolute Gasteiger partial charge is 0.465 e. The molecule has 172 valence electrons. The van der Waals surface area contributed by atoms with E-state index in [4.69, 9.17) is 0 Å². The molecule has 1 saturated heterocycles. The summed E-state index contributed by atoms with van der Waals surface area (Å²) in [5.74, 6) is -0.303. The fourth-order valence-electron chi connectivity index (χ4n) is 4.37. The van der Waals surface area contributed by atoms with Crippen LogP contribution >= 0.6 is 0 Å². The zero-order chi connectivity index (χ0) is 23.2. The minimum atomic E-state index is -1.17. The van der Waals surface area contributed by atoms with Crippen LogP contribution in [0.2, 0.25) is 0 Å². The molecule has 2 aromatic carbocycles. The third kappa shape index (κ3) is 4.30. The van der Waals surface area contributed by atoms with Gasteiger partial charge in [0.25, 0.3) is 11.8 Å². The molecule has 0 aromatic heterocycles. The van der Waals surface area contributed by atoms with Crippen molar-refractivity contribution in [3.63, 3.8) is 0 Å². The van der Waals surface area contributed by atoms with E-state index in [1.165, 1.54) is 4.90 Å². The topological polar surface area (TPSA) is 101 Å². The van der Waals surface area contributed by atoms with Crippen molar-refractivity contribution in [1.29, 1.82) is 0 Å². The first-order valence-electron chi connectivity index (χ1n) is 11.4. The molecule has 2 aromatic rings. The molecule has 0 atom stereocenters. The van der Waals surface area contributed by atoms with Crippen molar-refractivity contribution in [3.8, 4) is 11.1 Å². The lowest BCUT2D eigenvalue weighted by Crippen LogP contribution is -2.53. The Morgan fingerprint density at radius 1 is 0.879 bits per heavy atom. The summed E-state index contributed by atoms with van der Waals surface area (Å²) in [7, 11) is 0. The van der Waals surface area contributed by atoms with E-state index in [0.29, 0.717) is 50.3 Å². The summed E-state index contributed by atoms with van der Waals surface area (Å²) in [5.41, 5.74) is 1.86. The summed E-state index contributed by atoms with van der Waals surface area (Å²) in [6.45, 7) is 1.74. The van der Waals surface area contributed by atoms with Crippen molar-refractivity contribution in [2.75, 3.05) is 31.1 Å². The van der Waals surface area contributed by atoms with Crippen LogP contribution in [0.3, 0.4) is 0 Å². The third-order valence-electron chi connectivity index (χ3n) is 6.68. The maximum atomic E-state index is 12.9. The number of aliphatic hydroxyl groups is 1. The molecule has 2 aliphatic carbocycles. The van der Waals surface area contributed by atoms with Gasteiger partial charge in [0, 0.05) is 43.5 Å². The summed E-state index contributed by atoms with van der Waals surface area (Å²) >= 11 is 0. The number of piperazine rings is 1. The molecule has 5 rings (SSSR count). The Labute approximate surface area is 192 Å². The molecule has 8 nitrogen and oxygen atoms in total. The van der Waals surface area contributed by atoms with Gasteiger partial charge in [0.05, 0.1) is 0 Å². The molecule has 0 radical (unpaired) electrons. The Bertz CT molecular complexity index is 1080. The molecule has 1 aliphatic heterocycles. The van der Waals surface area contributed by atoms with E-state index < -0.39 is 11.7 Å². The van der Waals surface area contributed by atoms with E-state index in [0.717, 1.165) is 24.0 Å². The van der Waals surface area contributed by atoms with Crippen LogP contribution in [-0.4, -0.2) is 75.7 Å². The second-order valence-corrected chi connectivity index (χ2v) is 9.13. The van der Waals surface area contributed by atoms with Gasteiger partial charge in [-0.1, -0.05) is 24.3 Å². The van der Waals surface area contributed by atoms with Gasteiger partial charge < -0.3 is 20.0 Å². The predicted molar refractivity (Wildman–Crippen MR) is 122 cm³/mol. The number of carbonyl (C=O) groups excluding carboxylic acids is 2. The van der Waals surface area contributed by atoms with Crippen LogP contribution in [0, 0.1) is 0 Å². The quantitative estimate of drug-likeness (QED) is 0.731. The monoisotopic (exact) mass is 449 g/mol. The number of amides is 3. The molecular formula is C25H27N3O5. The predicted octanol–water partition coefficient (Wildman–Crippen LogP) is 2.81. The Balaban J connectivity index is 1.24. The lowest BCUT2D eigenvalue weighted by molar-refractivity contribution is -0.143. The van der Waals surface area contributed by atoms with Crippen molar-refractivity contribution >= 4 is 23.6 Å². The van der Waals surface area contributed by atoms with Crippen LogP contribution in [0.25, 0.3) is 11.1 Å². The third-order valence-corrected chi connectivity index (χ3v) is 6.68. The molecule has 8 heteroatoms. The van der Waals surface area contributed by atoms with Crippen molar-refractivity contribution < 1.29 is 24.6 Å². The lowest BCUT2D eigenvalue weighted by Gasteiger charge is -2.35. The zero-order valence-corrected chi connectivity index (χ0v) is 18.3. The summed E-state index contributed by atoms with van der Waals surface area (Å²) < 4.78 is 0. The first-order chi connectivity index (χ1) is 15.9. The fraction of sp³-hybridized carbons (Fsp3) is 0.400. The van der Waals surface area contributed by atoms with Gasteiger partial charge in [-0.25, -0.2) is 4.79 Å². The Morgan fingerprint density at radius 3 is 2.09 bits per heavy atom. The number of benzene rings is 2. The zero-order valence-electron chi connectivity index (χ0n) is 18.3. The van der Waals surface area contributed by atoms with Gasteiger partial charge in [-0.3, -0.25) is 14.5 Å².